The van der Waals surface area contributed by atoms with E-state index < -0.39 is 27.8 Å². The van der Waals surface area contributed by atoms with Gasteiger partial charge in [0.15, 0.2) is 5.78 Å². The largest absolute Gasteiger partial charge is 0.384 e. The quantitative estimate of drug-likeness (QED) is 0.424. The number of nitrogens with one attached hydrogen (secondary N) is 1. The van der Waals surface area contributed by atoms with Gasteiger partial charge >= 0.3 is 0 Å². The minimum atomic E-state index is -4.45. The lowest BCUT2D eigenvalue weighted by atomic mass is 9.84. The van der Waals surface area contributed by atoms with Crippen LogP contribution < -0.4 is 11.1 Å². The number of halogens is 2. The number of amides is 1. The molecule has 0 saturated carbocycles. The van der Waals surface area contributed by atoms with Crippen LogP contribution in [0.5, 0.6) is 0 Å². The van der Waals surface area contributed by atoms with Crippen molar-refractivity contribution in [3.63, 3.8) is 0 Å². The minimum absolute atomic E-state index is 0.0829. The van der Waals surface area contributed by atoms with E-state index in [2.05, 4.69) is 5.32 Å². The monoisotopic (exact) mass is 554 g/mol. The van der Waals surface area contributed by atoms with E-state index in [1.54, 1.807) is 48.5 Å². The Morgan fingerprint density at radius 3 is 2.24 bits per heavy atom. The van der Waals surface area contributed by atoms with Gasteiger partial charge in [0.25, 0.3) is 10.0 Å². The highest BCUT2D eigenvalue weighted by molar-refractivity contribution is 7.89. The first kappa shape index (κ1) is 26.2. The molecule has 3 N–H and O–H groups in total. The Labute approximate surface area is 224 Å². The lowest BCUT2D eigenvalue weighted by Crippen LogP contribution is -2.45. The number of benzene rings is 3. The maximum Gasteiger partial charge on any atom is 0.266 e. The molecule has 11 heteroatoms. The van der Waals surface area contributed by atoms with Crippen LogP contribution >= 0.6 is 23.2 Å². The molecule has 0 fully saturated rings. The fourth-order valence-corrected chi connectivity index (χ4v) is 6.28. The van der Waals surface area contributed by atoms with Crippen LogP contribution in [0.4, 0.5) is 5.69 Å². The molecular weight excluding hydrogens is 535 g/mol. The number of hydrogen-bond donors (Lipinski definition) is 2. The van der Waals surface area contributed by atoms with E-state index >= 15 is 0 Å². The molecule has 0 aliphatic carbocycles. The number of carbonyl (C=O) groups excluding carboxylic acids is 2. The average molecular weight is 555 g/mol. The number of nitriles is 1. The van der Waals surface area contributed by atoms with Gasteiger partial charge in [-0.2, -0.15) is 5.26 Å². The van der Waals surface area contributed by atoms with Crippen molar-refractivity contribution >= 4 is 50.6 Å². The summed E-state index contributed by atoms with van der Waals surface area (Å²) >= 11 is 12.7. The van der Waals surface area contributed by atoms with Gasteiger partial charge < -0.3 is 11.1 Å². The summed E-state index contributed by atoms with van der Waals surface area (Å²) in [7, 11) is -4.45. The summed E-state index contributed by atoms with van der Waals surface area (Å²) in [4.78, 5) is 25.0. The number of anilines is 1. The number of hydrogen-bond acceptors (Lipinski definition) is 6. The van der Waals surface area contributed by atoms with Gasteiger partial charge in [-0.05, 0) is 35.9 Å². The predicted octanol–water partition coefficient (Wildman–Crippen LogP) is 4.69. The Morgan fingerprint density at radius 2 is 1.65 bits per heavy atom. The molecule has 3 aromatic rings. The fraction of sp³-hybridized carbons (Fsp3) is 0.115. The van der Waals surface area contributed by atoms with Crippen molar-refractivity contribution in [2.24, 2.45) is 5.73 Å². The third-order valence-corrected chi connectivity index (χ3v) is 8.53. The second kappa shape index (κ2) is 10.3. The maximum atomic E-state index is 13.9. The molecule has 3 aromatic carbocycles. The number of rotatable bonds is 6. The zero-order valence-electron chi connectivity index (χ0n) is 19.4. The molecule has 4 rings (SSSR count). The minimum Gasteiger partial charge on any atom is -0.384 e. The summed E-state index contributed by atoms with van der Waals surface area (Å²) in [6, 6.07) is 18.7. The first-order valence-corrected chi connectivity index (χ1v) is 13.1. The van der Waals surface area contributed by atoms with Crippen LogP contribution in [0.1, 0.15) is 28.8 Å². The molecular formula is C26H20Cl2N4O4S. The van der Waals surface area contributed by atoms with Gasteiger partial charge in [0, 0.05) is 18.2 Å². The van der Waals surface area contributed by atoms with Gasteiger partial charge in [0.1, 0.15) is 11.9 Å². The summed E-state index contributed by atoms with van der Waals surface area (Å²) in [6.07, 6.45) is 0. The maximum absolute atomic E-state index is 13.9. The third kappa shape index (κ3) is 4.79. The van der Waals surface area contributed by atoms with Crippen molar-refractivity contribution in [2.45, 2.75) is 23.8 Å². The fourth-order valence-electron chi connectivity index (χ4n) is 4.27. The van der Waals surface area contributed by atoms with Gasteiger partial charge in [-0.1, -0.05) is 65.7 Å². The number of nitrogens with zero attached hydrogens (tertiary/aromatic N) is 2. The molecule has 0 aromatic heterocycles. The van der Waals surface area contributed by atoms with Crippen molar-refractivity contribution in [3.05, 3.63) is 105 Å². The molecule has 0 saturated heterocycles. The van der Waals surface area contributed by atoms with Crippen LogP contribution in [-0.4, -0.2) is 30.5 Å². The Bertz CT molecular complexity index is 1570. The zero-order valence-corrected chi connectivity index (χ0v) is 21.7. The smallest absolute Gasteiger partial charge is 0.266 e. The van der Waals surface area contributed by atoms with E-state index in [0.29, 0.717) is 11.3 Å². The number of carbonyl (C=O) groups is 2. The van der Waals surface area contributed by atoms with E-state index in [-0.39, 0.29) is 37.8 Å². The van der Waals surface area contributed by atoms with Crippen LogP contribution in [0, 0.1) is 11.3 Å². The second-order valence-corrected chi connectivity index (χ2v) is 10.8. The molecule has 37 heavy (non-hydrogen) atoms. The third-order valence-electron chi connectivity index (χ3n) is 5.89. The molecule has 1 aliphatic rings. The summed E-state index contributed by atoms with van der Waals surface area (Å²) in [5.74, 6) is -2.40. The molecule has 0 spiro atoms. The molecule has 1 heterocycles. The SMILES string of the molecule is CC(=O)Nc1ccc(S(=O)(=O)N2C(N)=C(C#N)C(c3cccc(Cl)c3Cl)C2C(=O)c2ccccc2)cc1. The molecule has 0 radical (unpaired) electrons. The Balaban J connectivity index is 1.92. The number of nitrogens with two attached hydrogens (primary N) is 1. The Hall–Kier alpha value is -3.84. The zero-order chi connectivity index (χ0) is 26.9. The standard InChI is InChI=1S/C26H20Cl2N4O4S/c1-15(33)31-17-10-12-18(13-11-17)37(35,36)32-24(25(34)16-6-3-2-4-7-16)22(20(14-29)26(32)30)19-8-5-9-21(27)23(19)28/h2-13,22,24H,30H2,1H3,(H,31,33). The lowest BCUT2D eigenvalue weighted by molar-refractivity contribution is -0.114. The van der Waals surface area contributed by atoms with Gasteiger partial charge in [-0.3, -0.25) is 9.59 Å². The first-order valence-electron chi connectivity index (χ1n) is 10.9. The molecule has 188 valence electrons. The van der Waals surface area contributed by atoms with Crippen LogP contribution in [0.3, 0.4) is 0 Å². The first-order chi connectivity index (χ1) is 17.6. The molecule has 1 aliphatic heterocycles. The molecule has 8 nitrogen and oxygen atoms in total. The van der Waals surface area contributed by atoms with Gasteiger partial charge in [0.05, 0.1) is 32.5 Å². The van der Waals surface area contributed by atoms with E-state index in [9.17, 15) is 23.3 Å². The summed E-state index contributed by atoms with van der Waals surface area (Å²) in [6.45, 7) is 1.32. The number of Topliss-reactive ketones (excluding diaryl/α,β-unsaturated/α-hetero) is 1. The van der Waals surface area contributed by atoms with E-state index in [4.69, 9.17) is 28.9 Å². The lowest BCUT2D eigenvalue weighted by Gasteiger charge is -2.30. The van der Waals surface area contributed by atoms with Gasteiger partial charge in [-0.25, -0.2) is 12.7 Å². The predicted molar refractivity (Wildman–Crippen MR) is 140 cm³/mol. The van der Waals surface area contributed by atoms with Crippen molar-refractivity contribution in [1.29, 1.82) is 5.26 Å². The van der Waals surface area contributed by atoms with Gasteiger partial charge in [0.2, 0.25) is 5.91 Å². The topological polar surface area (TPSA) is 133 Å². The summed E-state index contributed by atoms with van der Waals surface area (Å²) in [5, 5.41) is 12.9. The highest BCUT2D eigenvalue weighted by Crippen LogP contribution is 2.46. The molecule has 2 unspecified atom stereocenters. The second-order valence-electron chi connectivity index (χ2n) is 8.21. The van der Waals surface area contributed by atoms with Crippen molar-refractivity contribution in [2.75, 3.05) is 5.32 Å². The summed E-state index contributed by atoms with van der Waals surface area (Å²) < 4.78 is 28.6. The van der Waals surface area contributed by atoms with Crippen molar-refractivity contribution < 1.29 is 18.0 Å². The van der Waals surface area contributed by atoms with E-state index in [0.717, 1.165) is 4.31 Å². The van der Waals surface area contributed by atoms with Crippen LogP contribution in [0.15, 0.2) is 89.1 Å². The molecule has 2 atom stereocenters. The summed E-state index contributed by atoms with van der Waals surface area (Å²) in [5.41, 5.74) is 7.07. The van der Waals surface area contributed by atoms with Gasteiger partial charge in [-0.15, -0.1) is 0 Å². The highest BCUT2D eigenvalue weighted by atomic mass is 35.5. The number of ketones is 1. The van der Waals surface area contributed by atoms with E-state index in [1.807, 2.05) is 6.07 Å². The van der Waals surface area contributed by atoms with Crippen LogP contribution in [-0.2, 0) is 14.8 Å². The van der Waals surface area contributed by atoms with E-state index in [1.165, 1.54) is 31.2 Å². The molecule has 1 amide bonds. The molecule has 0 bridgehead atoms. The number of sulfonamides is 1. The normalized spacial score (nSPS) is 17.4. The Morgan fingerprint density at radius 1 is 1.00 bits per heavy atom. The highest BCUT2D eigenvalue weighted by Gasteiger charge is 2.51. The van der Waals surface area contributed by atoms with Crippen LogP contribution in [0.2, 0.25) is 10.0 Å². The Kier molecular flexibility index (Phi) is 7.28. The van der Waals surface area contributed by atoms with Crippen molar-refractivity contribution in [3.8, 4) is 6.07 Å². The average Bonchev–Trinajstić information content (AvgIpc) is 3.18. The van der Waals surface area contributed by atoms with Crippen molar-refractivity contribution in [1.82, 2.24) is 4.31 Å². The van der Waals surface area contributed by atoms with Crippen LogP contribution in [0.25, 0.3) is 0 Å².